The molecule has 0 aromatic heterocycles. The van der Waals surface area contributed by atoms with Crippen molar-refractivity contribution in [2.24, 2.45) is 0 Å². The van der Waals surface area contributed by atoms with E-state index in [1.165, 1.54) is 5.56 Å². The predicted molar refractivity (Wildman–Crippen MR) is 106 cm³/mol. The standard InChI is InChI=1S/C22H22N2O2/c1-16(17-8-4-3-5-9-17)23-18-12-14-19(15-13-18)24-22(25)20-10-6-7-11-21(20)26-2/h3-16,23H,1-2H3,(H,24,25). The minimum atomic E-state index is -0.194. The average Bonchev–Trinajstić information content (AvgIpc) is 2.70. The van der Waals surface area contributed by atoms with Crippen molar-refractivity contribution in [3.05, 3.63) is 90.0 Å². The van der Waals surface area contributed by atoms with Crippen molar-refractivity contribution in [2.45, 2.75) is 13.0 Å². The second-order valence-electron chi connectivity index (χ2n) is 6.01. The Kier molecular flexibility index (Phi) is 5.54. The molecule has 0 bridgehead atoms. The van der Waals surface area contributed by atoms with Crippen molar-refractivity contribution >= 4 is 17.3 Å². The van der Waals surface area contributed by atoms with E-state index in [1.54, 1.807) is 19.2 Å². The molecular weight excluding hydrogens is 324 g/mol. The van der Waals surface area contributed by atoms with Crippen LogP contribution in [0.15, 0.2) is 78.9 Å². The van der Waals surface area contributed by atoms with Crippen molar-refractivity contribution in [1.82, 2.24) is 0 Å². The van der Waals surface area contributed by atoms with E-state index in [9.17, 15) is 4.79 Å². The number of ether oxygens (including phenoxy) is 1. The van der Waals surface area contributed by atoms with Gasteiger partial charge in [0.05, 0.1) is 12.7 Å². The van der Waals surface area contributed by atoms with Crippen LogP contribution in [-0.2, 0) is 0 Å². The molecule has 3 aromatic rings. The summed E-state index contributed by atoms with van der Waals surface area (Å²) in [6.07, 6.45) is 0. The van der Waals surface area contributed by atoms with Crippen LogP contribution >= 0.6 is 0 Å². The van der Waals surface area contributed by atoms with Gasteiger partial charge in [0.25, 0.3) is 5.91 Å². The molecule has 3 aromatic carbocycles. The first-order valence-electron chi connectivity index (χ1n) is 8.53. The van der Waals surface area contributed by atoms with Crippen molar-refractivity contribution in [3.63, 3.8) is 0 Å². The van der Waals surface area contributed by atoms with Gasteiger partial charge in [0.1, 0.15) is 5.75 Å². The van der Waals surface area contributed by atoms with Crippen LogP contribution in [0.3, 0.4) is 0 Å². The molecule has 1 atom stereocenters. The molecule has 0 saturated carbocycles. The molecule has 4 nitrogen and oxygen atoms in total. The molecule has 0 fully saturated rings. The molecule has 0 aliphatic heterocycles. The van der Waals surface area contributed by atoms with E-state index >= 15 is 0 Å². The second-order valence-corrected chi connectivity index (χ2v) is 6.01. The summed E-state index contributed by atoms with van der Waals surface area (Å²) in [7, 11) is 1.56. The quantitative estimate of drug-likeness (QED) is 0.651. The van der Waals surface area contributed by atoms with Gasteiger partial charge >= 0.3 is 0 Å². The van der Waals surface area contributed by atoms with E-state index < -0.39 is 0 Å². The van der Waals surface area contributed by atoms with Crippen LogP contribution in [0.25, 0.3) is 0 Å². The monoisotopic (exact) mass is 346 g/mol. The summed E-state index contributed by atoms with van der Waals surface area (Å²) in [5.74, 6) is 0.362. The van der Waals surface area contributed by atoms with Crippen LogP contribution in [0.2, 0.25) is 0 Å². The van der Waals surface area contributed by atoms with E-state index in [1.807, 2.05) is 54.6 Å². The number of carbonyl (C=O) groups is 1. The normalized spacial score (nSPS) is 11.5. The molecule has 1 unspecified atom stereocenters. The first kappa shape index (κ1) is 17.5. The van der Waals surface area contributed by atoms with E-state index in [2.05, 4.69) is 29.7 Å². The van der Waals surface area contributed by atoms with Crippen molar-refractivity contribution in [2.75, 3.05) is 17.7 Å². The molecule has 0 aliphatic carbocycles. The summed E-state index contributed by atoms with van der Waals surface area (Å²) in [4.78, 5) is 12.4. The fourth-order valence-electron chi connectivity index (χ4n) is 2.76. The van der Waals surface area contributed by atoms with Crippen molar-refractivity contribution < 1.29 is 9.53 Å². The highest BCUT2D eigenvalue weighted by Crippen LogP contribution is 2.22. The lowest BCUT2D eigenvalue weighted by Crippen LogP contribution is -2.13. The highest BCUT2D eigenvalue weighted by molar-refractivity contribution is 6.06. The second kappa shape index (κ2) is 8.21. The zero-order chi connectivity index (χ0) is 18.4. The molecular formula is C22H22N2O2. The van der Waals surface area contributed by atoms with Crippen LogP contribution in [-0.4, -0.2) is 13.0 Å². The number of nitrogens with one attached hydrogen (secondary N) is 2. The summed E-state index contributed by atoms with van der Waals surface area (Å²) in [6, 6.07) is 25.3. The van der Waals surface area contributed by atoms with Gasteiger partial charge in [0, 0.05) is 17.4 Å². The number of methoxy groups -OCH3 is 1. The van der Waals surface area contributed by atoms with E-state index in [4.69, 9.17) is 4.74 Å². The van der Waals surface area contributed by atoms with Crippen LogP contribution < -0.4 is 15.4 Å². The molecule has 1 amide bonds. The maximum absolute atomic E-state index is 12.4. The number of para-hydroxylation sites is 1. The van der Waals surface area contributed by atoms with Gasteiger partial charge in [0.2, 0.25) is 0 Å². The van der Waals surface area contributed by atoms with Gasteiger partial charge in [-0.1, -0.05) is 42.5 Å². The average molecular weight is 346 g/mol. The highest BCUT2D eigenvalue weighted by atomic mass is 16.5. The molecule has 0 spiro atoms. The lowest BCUT2D eigenvalue weighted by molar-refractivity contribution is 0.102. The third-order valence-electron chi connectivity index (χ3n) is 4.18. The zero-order valence-electron chi connectivity index (χ0n) is 14.9. The summed E-state index contributed by atoms with van der Waals surface area (Å²) >= 11 is 0. The van der Waals surface area contributed by atoms with Gasteiger partial charge in [-0.05, 0) is 48.9 Å². The SMILES string of the molecule is COc1ccccc1C(=O)Nc1ccc(NC(C)c2ccccc2)cc1. The highest BCUT2D eigenvalue weighted by Gasteiger charge is 2.11. The Morgan fingerprint density at radius 3 is 2.15 bits per heavy atom. The number of carbonyl (C=O) groups excluding carboxylic acids is 1. The lowest BCUT2D eigenvalue weighted by Gasteiger charge is -2.16. The first-order chi connectivity index (χ1) is 12.7. The molecule has 4 heteroatoms. The topological polar surface area (TPSA) is 50.4 Å². The number of hydrogen-bond donors (Lipinski definition) is 2. The van der Waals surface area contributed by atoms with Crippen molar-refractivity contribution in [1.29, 1.82) is 0 Å². The Hall–Kier alpha value is -3.27. The Bertz CT molecular complexity index is 861. The number of anilines is 2. The predicted octanol–water partition coefficient (Wildman–Crippen LogP) is 5.12. The Balaban J connectivity index is 1.65. The van der Waals surface area contributed by atoms with Gasteiger partial charge in [-0.3, -0.25) is 4.79 Å². The summed E-state index contributed by atoms with van der Waals surface area (Å²) < 4.78 is 5.24. The number of benzene rings is 3. The number of amides is 1. The zero-order valence-corrected chi connectivity index (χ0v) is 14.9. The van der Waals surface area contributed by atoms with E-state index in [0.29, 0.717) is 11.3 Å². The number of hydrogen-bond acceptors (Lipinski definition) is 3. The Morgan fingerprint density at radius 2 is 1.46 bits per heavy atom. The fraction of sp³-hybridized carbons (Fsp3) is 0.136. The van der Waals surface area contributed by atoms with Crippen LogP contribution in [0.5, 0.6) is 5.75 Å². The van der Waals surface area contributed by atoms with Gasteiger partial charge in [-0.25, -0.2) is 0 Å². The van der Waals surface area contributed by atoms with Crippen molar-refractivity contribution in [3.8, 4) is 5.75 Å². The van der Waals surface area contributed by atoms with Gasteiger partial charge in [0.15, 0.2) is 0 Å². The largest absolute Gasteiger partial charge is 0.496 e. The van der Waals surface area contributed by atoms with Gasteiger partial charge in [-0.15, -0.1) is 0 Å². The maximum Gasteiger partial charge on any atom is 0.259 e. The summed E-state index contributed by atoms with van der Waals surface area (Å²) in [5.41, 5.74) is 3.46. The van der Waals surface area contributed by atoms with E-state index in [0.717, 1.165) is 11.4 Å². The van der Waals surface area contributed by atoms with Crippen LogP contribution in [0.4, 0.5) is 11.4 Å². The molecule has 0 radical (unpaired) electrons. The number of rotatable bonds is 6. The minimum Gasteiger partial charge on any atom is -0.496 e. The minimum absolute atomic E-state index is 0.194. The Morgan fingerprint density at radius 1 is 0.846 bits per heavy atom. The molecule has 0 aliphatic rings. The molecule has 3 rings (SSSR count). The summed E-state index contributed by atoms with van der Waals surface area (Å²) in [6.45, 7) is 2.12. The van der Waals surface area contributed by atoms with Gasteiger partial charge in [-0.2, -0.15) is 0 Å². The molecule has 0 saturated heterocycles. The Labute approximate surface area is 153 Å². The maximum atomic E-state index is 12.4. The third kappa shape index (κ3) is 4.22. The summed E-state index contributed by atoms with van der Waals surface area (Å²) in [5, 5.41) is 6.35. The van der Waals surface area contributed by atoms with Crippen LogP contribution in [0.1, 0.15) is 28.9 Å². The first-order valence-corrected chi connectivity index (χ1v) is 8.53. The molecule has 0 heterocycles. The third-order valence-corrected chi connectivity index (χ3v) is 4.18. The van der Waals surface area contributed by atoms with E-state index in [-0.39, 0.29) is 11.9 Å². The molecule has 26 heavy (non-hydrogen) atoms. The lowest BCUT2D eigenvalue weighted by atomic mass is 10.1. The van der Waals surface area contributed by atoms with Gasteiger partial charge < -0.3 is 15.4 Å². The fourth-order valence-corrected chi connectivity index (χ4v) is 2.76. The molecule has 132 valence electrons. The smallest absolute Gasteiger partial charge is 0.259 e. The van der Waals surface area contributed by atoms with Crippen LogP contribution in [0, 0.1) is 0 Å². The molecule has 2 N–H and O–H groups in total.